The molecule has 0 aromatic rings. The summed E-state index contributed by atoms with van der Waals surface area (Å²) in [5, 5.41) is 0. The molecule has 224 valence electrons. The lowest BCUT2D eigenvalue weighted by atomic mass is 9.93. The first-order valence-electron chi connectivity index (χ1n) is 12.3. The van der Waals surface area contributed by atoms with Gasteiger partial charge < -0.3 is 28.4 Å². The number of esters is 5. The molecular formula is C26H40Br2O11. The number of hydrogen-bond acceptors (Lipinski definition) is 11. The van der Waals surface area contributed by atoms with Crippen molar-refractivity contribution in [3.63, 3.8) is 0 Å². The zero-order valence-electron chi connectivity index (χ0n) is 23.6. The minimum atomic E-state index is -1.56. The van der Waals surface area contributed by atoms with Crippen molar-refractivity contribution in [1.29, 1.82) is 0 Å². The summed E-state index contributed by atoms with van der Waals surface area (Å²) < 4.78 is 29.4. The normalized spacial score (nSPS) is 14.7. The molecule has 0 heterocycles. The molecule has 0 radical (unpaired) electrons. The Morgan fingerprint density at radius 1 is 0.692 bits per heavy atom. The third-order valence-electron chi connectivity index (χ3n) is 4.96. The summed E-state index contributed by atoms with van der Waals surface area (Å²) >= 11 is 6.36. The Morgan fingerprint density at radius 3 is 1.46 bits per heavy atom. The van der Waals surface area contributed by atoms with Crippen molar-refractivity contribution in [1.82, 2.24) is 0 Å². The van der Waals surface area contributed by atoms with Crippen LogP contribution in [0.3, 0.4) is 0 Å². The summed E-state index contributed by atoms with van der Waals surface area (Å²) in [7, 11) is 0. The van der Waals surface area contributed by atoms with Gasteiger partial charge in [0.1, 0.15) is 47.1 Å². The molecule has 0 aliphatic carbocycles. The standard InChI is InChI=1S/C26H40Br2O11/c1-9-10-34-11-12-35-23(33)26(8,15-38-19(29)17(2)13-36-21(31)24(4,5)27)16-39-20(30)18(3)14-37-22(32)25(6,7)28/h9,17-18H,1,10-16H2,2-8H3. The van der Waals surface area contributed by atoms with E-state index in [0.29, 0.717) is 0 Å². The SMILES string of the molecule is C=CCOCCOC(=O)C(C)(COC(=O)C(C)COC(=O)C(C)(C)Br)COC(=O)C(C)COC(=O)C(C)(C)Br. The first-order valence-corrected chi connectivity index (χ1v) is 13.8. The molecule has 11 nitrogen and oxygen atoms in total. The van der Waals surface area contributed by atoms with E-state index in [0.717, 1.165) is 0 Å². The molecule has 0 aliphatic heterocycles. The quantitative estimate of drug-likeness (QED) is 0.0687. The van der Waals surface area contributed by atoms with E-state index in [4.69, 9.17) is 28.4 Å². The Bertz CT molecular complexity index is 807. The average molecular weight is 688 g/mol. The van der Waals surface area contributed by atoms with Crippen LogP contribution in [-0.4, -0.2) is 84.7 Å². The highest BCUT2D eigenvalue weighted by molar-refractivity contribution is 9.10. The number of hydrogen-bond donors (Lipinski definition) is 0. The monoisotopic (exact) mass is 686 g/mol. The number of alkyl halides is 2. The summed E-state index contributed by atoms with van der Waals surface area (Å²) in [6.45, 7) is 13.2. The van der Waals surface area contributed by atoms with Crippen LogP contribution in [0.15, 0.2) is 12.7 Å². The van der Waals surface area contributed by atoms with Crippen molar-refractivity contribution in [3.8, 4) is 0 Å². The predicted octanol–water partition coefficient (Wildman–Crippen LogP) is 3.53. The molecule has 0 saturated heterocycles. The lowest BCUT2D eigenvalue weighted by molar-refractivity contribution is -0.174. The Balaban J connectivity index is 5.21. The highest BCUT2D eigenvalue weighted by atomic mass is 79.9. The van der Waals surface area contributed by atoms with Crippen molar-refractivity contribution in [2.75, 3.05) is 46.2 Å². The van der Waals surface area contributed by atoms with Crippen molar-refractivity contribution in [2.45, 2.75) is 57.1 Å². The van der Waals surface area contributed by atoms with Crippen LogP contribution in [0, 0.1) is 17.3 Å². The Kier molecular flexibility index (Phi) is 16.1. The minimum Gasteiger partial charge on any atom is -0.464 e. The molecule has 0 aromatic carbocycles. The first kappa shape index (κ1) is 37.0. The topological polar surface area (TPSA) is 141 Å². The molecule has 0 aromatic heterocycles. The molecule has 0 saturated carbocycles. The maximum absolute atomic E-state index is 12.9. The zero-order valence-corrected chi connectivity index (χ0v) is 26.8. The van der Waals surface area contributed by atoms with Gasteiger partial charge in [-0.3, -0.25) is 24.0 Å². The van der Waals surface area contributed by atoms with E-state index in [1.54, 1.807) is 33.8 Å². The van der Waals surface area contributed by atoms with Crippen molar-refractivity contribution in [2.24, 2.45) is 17.3 Å². The van der Waals surface area contributed by atoms with Gasteiger partial charge in [-0.25, -0.2) is 0 Å². The molecule has 0 N–H and O–H groups in total. The molecule has 0 bridgehead atoms. The van der Waals surface area contributed by atoms with Gasteiger partial charge in [0.2, 0.25) is 0 Å². The Hall–Kier alpha value is -1.99. The van der Waals surface area contributed by atoms with Crippen molar-refractivity contribution >= 4 is 61.7 Å². The molecule has 0 fully saturated rings. The second kappa shape index (κ2) is 17.0. The highest BCUT2D eigenvalue weighted by Gasteiger charge is 2.40. The van der Waals surface area contributed by atoms with E-state index in [1.165, 1.54) is 20.8 Å². The zero-order chi connectivity index (χ0) is 30.4. The van der Waals surface area contributed by atoms with Crippen LogP contribution in [0.1, 0.15) is 48.5 Å². The molecule has 0 amide bonds. The van der Waals surface area contributed by atoms with Gasteiger partial charge in [-0.15, -0.1) is 6.58 Å². The first-order chi connectivity index (χ1) is 17.8. The van der Waals surface area contributed by atoms with Crippen molar-refractivity contribution < 1.29 is 52.4 Å². The van der Waals surface area contributed by atoms with E-state index in [1.807, 2.05) is 0 Å². The molecule has 13 heteroatoms. The van der Waals surface area contributed by atoms with Gasteiger partial charge in [-0.1, -0.05) is 37.9 Å². The summed E-state index contributed by atoms with van der Waals surface area (Å²) in [6, 6.07) is 0. The lowest BCUT2D eigenvalue weighted by Crippen LogP contribution is -2.42. The fourth-order valence-corrected chi connectivity index (χ4v) is 2.55. The van der Waals surface area contributed by atoms with Gasteiger partial charge in [-0.2, -0.15) is 0 Å². The van der Waals surface area contributed by atoms with Crippen molar-refractivity contribution in [3.05, 3.63) is 12.7 Å². The molecule has 0 aliphatic rings. The van der Waals surface area contributed by atoms with E-state index in [-0.39, 0.29) is 33.0 Å². The molecule has 2 unspecified atom stereocenters. The highest BCUT2D eigenvalue weighted by Crippen LogP contribution is 2.23. The Labute approximate surface area is 246 Å². The third kappa shape index (κ3) is 14.8. The number of carbonyl (C=O) groups is 5. The van der Waals surface area contributed by atoms with Gasteiger partial charge in [0.15, 0.2) is 0 Å². The van der Waals surface area contributed by atoms with Gasteiger partial charge >= 0.3 is 29.8 Å². The number of carbonyl (C=O) groups excluding carboxylic acids is 5. The van der Waals surface area contributed by atoms with Crippen LogP contribution in [0.5, 0.6) is 0 Å². The average Bonchev–Trinajstić information content (AvgIpc) is 2.85. The third-order valence-corrected chi connectivity index (χ3v) is 5.61. The largest absolute Gasteiger partial charge is 0.464 e. The van der Waals surface area contributed by atoms with Gasteiger partial charge in [-0.05, 0) is 48.5 Å². The second-order valence-corrected chi connectivity index (χ2v) is 14.2. The molecule has 0 rings (SSSR count). The van der Waals surface area contributed by atoms with Crippen LogP contribution in [0.2, 0.25) is 0 Å². The second-order valence-electron chi connectivity index (χ2n) is 10.2. The van der Waals surface area contributed by atoms with E-state index in [2.05, 4.69) is 38.4 Å². The maximum Gasteiger partial charge on any atom is 0.322 e. The van der Waals surface area contributed by atoms with Gasteiger partial charge in [0.05, 0.1) is 25.0 Å². The predicted molar refractivity (Wildman–Crippen MR) is 148 cm³/mol. The summed E-state index contributed by atoms with van der Waals surface area (Å²) in [5.74, 6) is -5.01. The van der Waals surface area contributed by atoms with Gasteiger partial charge in [0.25, 0.3) is 0 Å². The van der Waals surface area contributed by atoms with E-state index in [9.17, 15) is 24.0 Å². The van der Waals surface area contributed by atoms with Crippen LogP contribution < -0.4 is 0 Å². The number of halogens is 2. The molecular weight excluding hydrogens is 648 g/mol. The lowest BCUT2D eigenvalue weighted by Gasteiger charge is -2.27. The fourth-order valence-electron chi connectivity index (χ4n) is 2.32. The van der Waals surface area contributed by atoms with Crippen LogP contribution in [-0.2, 0) is 52.4 Å². The van der Waals surface area contributed by atoms with E-state index < -0.39 is 69.0 Å². The summed E-state index contributed by atoms with van der Waals surface area (Å²) in [4.78, 5) is 61.8. The maximum atomic E-state index is 12.9. The van der Waals surface area contributed by atoms with Crippen LogP contribution in [0.4, 0.5) is 0 Å². The minimum absolute atomic E-state index is 0.0898. The van der Waals surface area contributed by atoms with E-state index >= 15 is 0 Å². The molecule has 39 heavy (non-hydrogen) atoms. The smallest absolute Gasteiger partial charge is 0.322 e. The Morgan fingerprint density at radius 2 is 1.10 bits per heavy atom. The summed E-state index contributed by atoms with van der Waals surface area (Å²) in [5.41, 5.74) is -1.56. The number of ether oxygens (including phenoxy) is 6. The van der Waals surface area contributed by atoms with Crippen LogP contribution in [0.25, 0.3) is 0 Å². The van der Waals surface area contributed by atoms with Crippen LogP contribution >= 0.6 is 31.9 Å². The number of rotatable bonds is 18. The summed E-state index contributed by atoms with van der Waals surface area (Å²) in [6.07, 6.45) is 1.54. The fraction of sp³-hybridized carbons (Fsp3) is 0.731. The van der Waals surface area contributed by atoms with Gasteiger partial charge in [0, 0.05) is 0 Å². The molecule has 0 spiro atoms. The molecule has 2 atom stereocenters.